The van der Waals surface area contributed by atoms with E-state index in [4.69, 9.17) is 0 Å². The summed E-state index contributed by atoms with van der Waals surface area (Å²) < 4.78 is 0. The predicted molar refractivity (Wildman–Crippen MR) is 62.5 cm³/mol. The largest absolute Gasteiger partial charge is 0.360 e. The Bertz CT molecular complexity index is 513. The zero-order chi connectivity index (χ0) is 10.3. The lowest BCUT2D eigenvalue weighted by Crippen LogP contribution is -1.95. The van der Waals surface area contributed by atoms with Crippen LogP contribution in [0.3, 0.4) is 0 Å². The van der Waals surface area contributed by atoms with Gasteiger partial charge in [-0.25, -0.2) is 0 Å². The third-order valence-corrected chi connectivity index (χ3v) is 3.01. The summed E-state index contributed by atoms with van der Waals surface area (Å²) >= 11 is 0. The first-order chi connectivity index (χ1) is 6.65. The van der Waals surface area contributed by atoms with Crippen molar-refractivity contribution >= 4 is 31.7 Å². The van der Waals surface area contributed by atoms with Gasteiger partial charge in [0.1, 0.15) is 0 Å². The van der Waals surface area contributed by atoms with E-state index >= 15 is 0 Å². The quantitative estimate of drug-likeness (QED) is 0.561. The molecule has 2 nitrogen and oxygen atoms in total. The number of aryl methyl sites for hydroxylation is 2. The van der Waals surface area contributed by atoms with Gasteiger partial charge in [-0.2, -0.15) is 0 Å². The fourth-order valence-electron chi connectivity index (χ4n) is 1.86. The highest BCUT2D eigenvalue weighted by atomic mass is 31.0. The molecule has 0 radical (unpaired) electrons. The number of carbonyl (C=O) groups is 1. The van der Waals surface area contributed by atoms with Gasteiger partial charge in [-0.05, 0) is 30.3 Å². The maximum absolute atomic E-state index is 11.0. The van der Waals surface area contributed by atoms with Crippen LogP contribution in [0.25, 0.3) is 10.9 Å². The molecular weight excluding hydrogens is 193 g/mol. The van der Waals surface area contributed by atoms with E-state index in [0.717, 1.165) is 33.6 Å². The fraction of sp³-hybridized carbons (Fsp3) is 0.182. The number of rotatable bonds is 1. The van der Waals surface area contributed by atoms with Gasteiger partial charge in [0, 0.05) is 22.7 Å². The smallest absolute Gasteiger partial charge is 0.151 e. The summed E-state index contributed by atoms with van der Waals surface area (Å²) in [6.07, 6.45) is 2.84. The normalized spacial score (nSPS) is 10.8. The van der Waals surface area contributed by atoms with Crippen LogP contribution in [-0.4, -0.2) is 11.3 Å². The molecule has 0 spiro atoms. The zero-order valence-electron chi connectivity index (χ0n) is 8.22. The Morgan fingerprint density at radius 3 is 2.71 bits per heavy atom. The summed E-state index contributed by atoms with van der Waals surface area (Å²) in [5.41, 5.74) is 4.06. The van der Waals surface area contributed by atoms with E-state index in [1.807, 2.05) is 26.1 Å². The molecule has 0 saturated carbocycles. The maximum atomic E-state index is 11.0. The maximum Gasteiger partial charge on any atom is 0.151 e. The Morgan fingerprint density at radius 2 is 2.07 bits per heavy atom. The number of hydrogen-bond donors (Lipinski definition) is 1. The van der Waals surface area contributed by atoms with E-state index in [-0.39, 0.29) is 0 Å². The van der Waals surface area contributed by atoms with Crippen LogP contribution >= 0.6 is 9.24 Å². The third-order valence-electron chi connectivity index (χ3n) is 2.55. The van der Waals surface area contributed by atoms with Crippen molar-refractivity contribution in [3.63, 3.8) is 0 Å². The molecular formula is C11H12NOP. The molecule has 3 heteroatoms. The summed E-state index contributed by atoms with van der Waals surface area (Å²) in [6, 6.07) is 2.03. The van der Waals surface area contributed by atoms with Crippen LogP contribution in [0.2, 0.25) is 0 Å². The molecule has 2 rings (SSSR count). The van der Waals surface area contributed by atoms with Crippen LogP contribution in [0.15, 0.2) is 12.3 Å². The third kappa shape index (κ3) is 1.18. The van der Waals surface area contributed by atoms with Crippen LogP contribution in [0.1, 0.15) is 21.5 Å². The lowest BCUT2D eigenvalue weighted by Gasteiger charge is -2.04. The average Bonchev–Trinajstić information content (AvgIpc) is 2.50. The van der Waals surface area contributed by atoms with Crippen molar-refractivity contribution < 1.29 is 4.79 Å². The molecule has 2 aromatic rings. The summed E-state index contributed by atoms with van der Waals surface area (Å²) in [5.74, 6) is 0. The first-order valence-corrected chi connectivity index (χ1v) is 5.05. The molecule has 0 aliphatic carbocycles. The molecule has 0 saturated heterocycles. The van der Waals surface area contributed by atoms with Crippen molar-refractivity contribution in [2.45, 2.75) is 13.8 Å². The van der Waals surface area contributed by atoms with Gasteiger partial charge in [0.25, 0.3) is 0 Å². The van der Waals surface area contributed by atoms with Crippen molar-refractivity contribution in [2.75, 3.05) is 0 Å². The van der Waals surface area contributed by atoms with Gasteiger partial charge in [-0.3, -0.25) is 4.79 Å². The number of aromatic amines is 1. The topological polar surface area (TPSA) is 32.9 Å². The summed E-state index contributed by atoms with van der Waals surface area (Å²) in [6.45, 7) is 4.01. The van der Waals surface area contributed by atoms with E-state index in [2.05, 4.69) is 14.2 Å². The van der Waals surface area contributed by atoms with E-state index < -0.39 is 0 Å². The van der Waals surface area contributed by atoms with Gasteiger partial charge in [0.05, 0.1) is 0 Å². The van der Waals surface area contributed by atoms with Crippen LogP contribution < -0.4 is 5.30 Å². The van der Waals surface area contributed by atoms with Gasteiger partial charge in [-0.15, -0.1) is 9.24 Å². The molecule has 1 aromatic heterocycles. The van der Waals surface area contributed by atoms with E-state index in [9.17, 15) is 4.79 Å². The molecule has 72 valence electrons. The van der Waals surface area contributed by atoms with Crippen molar-refractivity contribution in [1.82, 2.24) is 4.98 Å². The highest BCUT2D eigenvalue weighted by molar-refractivity contribution is 7.28. The highest BCUT2D eigenvalue weighted by Gasteiger charge is 2.10. The second-order valence-corrected chi connectivity index (χ2v) is 4.16. The number of benzene rings is 1. The molecule has 1 N–H and O–H groups in total. The number of carbonyl (C=O) groups excluding carboxylic acids is 1. The van der Waals surface area contributed by atoms with Crippen molar-refractivity contribution in [3.8, 4) is 0 Å². The van der Waals surface area contributed by atoms with Gasteiger partial charge in [0.2, 0.25) is 0 Å². The van der Waals surface area contributed by atoms with Crippen LogP contribution in [0.4, 0.5) is 0 Å². The SMILES string of the molecule is Cc1cc(C)c2[nH]cc(P)c2c1C=O. The number of fused-ring (bicyclic) bond motifs is 1. The molecule has 0 amide bonds. The van der Waals surface area contributed by atoms with Crippen LogP contribution in [-0.2, 0) is 0 Å². The molecule has 1 aromatic carbocycles. The molecule has 14 heavy (non-hydrogen) atoms. The number of aromatic nitrogens is 1. The number of nitrogens with one attached hydrogen (secondary N) is 1. The van der Waals surface area contributed by atoms with Crippen molar-refractivity contribution in [1.29, 1.82) is 0 Å². The molecule has 1 unspecified atom stereocenters. The minimum Gasteiger partial charge on any atom is -0.360 e. The monoisotopic (exact) mass is 205 g/mol. The van der Waals surface area contributed by atoms with Gasteiger partial charge >= 0.3 is 0 Å². The number of hydrogen-bond acceptors (Lipinski definition) is 1. The highest BCUT2D eigenvalue weighted by Crippen LogP contribution is 2.23. The lowest BCUT2D eigenvalue weighted by molar-refractivity contribution is 0.112. The Kier molecular flexibility index (Phi) is 2.16. The second kappa shape index (κ2) is 3.21. The molecule has 1 atom stereocenters. The van der Waals surface area contributed by atoms with Crippen LogP contribution in [0, 0.1) is 13.8 Å². The fourth-order valence-corrected chi connectivity index (χ4v) is 2.25. The molecule has 0 aliphatic rings. The molecule has 0 aliphatic heterocycles. The lowest BCUT2D eigenvalue weighted by atomic mass is 10.0. The summed E-state index contributed by atoms with van der Waals surface area (Å²) in [5, 5.41) is 2.08. The van der Waals surface area contributed by atoms with E-state index in [0.29, 0.717) is 0 Å². The van der Waals surface area contributed by atoms with Crippen molar-refractivity contribution in [2.24, 2.45) is 0 Å². The van der Waals surface area contributed by atoms with E-state index in [1.165, 1.54) is 5.56 Å². The first-order valence-electron chi connectivity index (χ1n) is 4.47. The summed E-state index contributed by atoms with van der Waals surface area (Å²) in [7, 11) is 2.65. The zero-order valence-corrected chi connectivity index (χ0v) is 9.37. The van der Waals surface area contributed by atoms with Gasteiger partial charge in [-0.1, -0.05) is 6.07 Å². The van der Waals surface area contributed by atoms with Crippen molar-refractivity contribution in [3.05, 3.63) is 29.0 Å². The first kappa shape index (κ1) is 9.42. The number of H-pyrrole nitrogens is 1. The van der Waals surface area contributed by atoms with E-state index in [1.54, 1.807) is 0 Å². The Labute approximate surface area is 84.9 Å². The van der Waals surface area contributed by atoms with Crippen LogP contribution in [0.5, 0.6) is 0 Å². The molecule has 0 fully saturated rings. The Balaban J connectivity index is 3.01. The average molecular weight is 205 g/mol. The Morgan fingerprint density at radius 1 is 1.36 bits per heavy atom. The van der Waals surface area contributed by atoms with Gasteiger partial charge < -0.3 is 4.98 Å². The minimum absolute atomic E-state index is 0.789. The number of aldehydes is 1. The molecule has 0 bridgehead atoms. The Hall–Kier alpha value is -1.14. The predicted octanol–water partition coefficient (Wildman–Crippen LogP) is 2.10. The van der Waals surface area contributed by atoms with Gasteiger partial charge in [0.15, 0.2) is 6.29 Å². The molecule has 1 heterocycles. The minimum atomic E-state index is 0.789. The second-order valence-electron chi connectivity index (χ2n) is 3.54. The summed E-state index contributed by atoms with van der Waals surface area (Å²) in [4.78, 5) is 14.2. The standard InChI is InChI=1S/C11H12NOP/c1-6-3-7(2)11-10(8(6)5-13)9(14)4-12-11/h3-5,12H,14H2,1-2H3.